The Morgan fingerprint density at radius 2 is 1.97 bits per heavy atom. The average Bonchev–Trinajstić information content (AvgIpc) is 3.51. The molecule has 2 bridgehead atoms. The molecule has 0 unspecified atom stereocenters. The Balaban J connectivity index is 1.31. The van der Waals surface area contributed by atoms with Gasteiger partial charge in [-0.05, 0) is 51.6 Å². The third kappa shape index (κ3) is 3.91. The van der Waals surface area contributed by atoms with E-state index in [1.54, 1.807) is 17.5 Å². The van der Waals surface area contributed by atoms with E-state index in [1.165, 1.54) is 6.07 Å². The van der Waals surface area contributed by atoms with Crippen LogP contribution < -0.4 is 15.1 Å². The van der Waals surface area contributed by atoms with Crippen molar-refractivity contribution < 1.29 is 4.39 Å². The van der Waals surface area contributed by atoms with Crippen molar-refractivity contribution in [2.24, 2.45) is 0 Å². The summed E-state index contributed by atoms with van der Waals surface area (Å²) in [6.07, 6.45) is 2.81. The topological polar surface area (TPSA) is 60.4 Å². The number of rotatable bonds is 7. The van der Waals surface area contributed by atoms with Crippen LogP contribution in [0.2, 0.25) is 0 Å². The van der Waals surface area contributed by atoms with Gasteiger partial charge in [-0.25, -0.2) is 19.3 Å². The molecular weight excluding hydrogens is 425 g/mol. The molecule has 7 nitrogen and oxygen atoms in total. The minimum Gasteiger partial charge on any atom is -0.363 e. The van der Waals surface area contributed by atoms with Crippen LogP contribution in [0.15, 0.2) is 35.8 Å². The van der Waals surface area contributed by atoms with Gasteiger partial charge < -0.3 is 15.1 Å². The van der Waals surface area contributed by atoms with Crippen LogP contribution in [0.4, 0.5) is 26.8 Å². The Morgan fingerprint density at radius 1 is 1.12 bits per heavy atom. The van der Waals surface area contributed by atoms with Crippen LogP contribution in [-0.2, 0) is 0 Å². The molecule has 2 aliphatic heterocycles. The maximum absolute atomic E-state index is 15.0. The van der Waals surface area contributed by atoms with Crippen LogP contribution in [0.25, 0.3) is 11.4 Å². The summed E-state index contributed by atoms with van der Waals surface area (Å²) in [7, 11) is 2.15. The second-order valence-electron chi connectivity index (χ2n) is 8.38. The first-order valence-corrected chi connectivity index (χ1v) is 12.0. The van der Waals surface area contributed by atoms with Gasteiger partial charge in [-0.3, -0.25) is 4.90 Å². The molecule has 0 saturated carbocycles. The van der Waals surface area contributed by atoms with Crippen molar-refractivity contribution in [2.45, 2.75) is 32.4 Å². The number of thiazole rings is 1. The van der Waals surface area contributed by atoms with Crippen molar-refractivity contribution in [1.29, 1.82) is 0 Å². The zero-order chi connectivity index (χ0) is 22.2. The molecule has 168 valence electrons. The van der Waals surface area contributed by atoms with Crippen molar-refractivity contribution >= 4 is 33.8 Å². The van der Waals surface area contributed by atoms with Gasteiger partial charge in [-0.15, -0.1) is 11.3 Å². The standard InChI is InChI=1S/C23H28FN7S/c1-4-30(5-2)23-28-20(14-32-23)19-8-9-25-22(27-19)26-15-6-7-21(18(24)10-15)31-13-16-11-17(31)12-29(16)3/h6-10,14,16-17H,4-5,11-13H2,1-3H3,(H,25,26,27)/t16-,17-/m0/s1. The highest BCUT2D eigenvalue weighted by Gasteiger charge is 2.42. The number of hydrogen-bond acceptors (Lipinski definition) is 8. The van der Waals surface area contributed by atoms with E-state index in [4.69, 9.17) is 4.98 Å². The highest BCUT2D eigenvalue weighted by atomic mass is 32.1. The summed E-state index contributed by atoms with van der Waals surface area (Å²) in [5.41, 5.74) is 2.87. The van der Waals surface area contributed by atoms with Gasteiger partial charge in [0.1, 0.15) is 11.5 Å². The van der Waals surface area contributed by atoms with Gasteiger partial charge >= 0.3 is 0 Å². The SMILES string of the molecule is CCN(CC)c1nc(-c2ccnc(Nc3ccc(N4C[C@@H]5C[C@H]4CN5C)c(F)c3)n2)cs1. The van der Waals surface area contributed by atoms with Crippen LogP contribution in [0, 0.1) is 5.82 Å². The molecule has 2 saturated heterocycles. The van der Waals surface area contributed by atoms with Gasteiger partial charge in [0.2, 0.25) is 5.95 Å². The quantitative estimate of drug-likeness (QED) is 0.575. The molecule has 0 spiro atoms. The second-order valence-corrected chi connectivity index (χ2v) is 9.22. The fourth-order valence-electron chi connectivity index (χ4n) is 4.69. The first kappa shape index (κ1) is 21.1. The van der Waals surface area contributed by atoms with Crippen molar-refractivity contribution in [3.05, 3.63) is 41.7 Å². The Kier molecular flexibility index (Phi) is 5.69. The van der Waals surface area contributed by atoms with Gasteiger partial charge in [0.15, 0.2) is 5.13 Å². The van der Waals surface area contributed by atoms with E-state index in [0.717, 1.165) is 49.1 Å². The molecular formula is C23H28FN7S. The number of nitrogens with one attached hydrogen (secondary N) is 1. The van der Waals surface area contributed by atoms with Crippen molar-refractivity contribution in [3.8, 4) is 11.4 Å². The summed E-state index contributed by atoms with van der Waals surface area (Å²) in [6, 6.07) is 8.06. The number of piperazine rings is 1. The number of fused-ring (bicyclic) bond motifs is 2. The van der Waals surface area contributed by atoms with Crippen LogP contribution in [-0.4, -0.2) is 65.2 Å². The van der Waals surface area contributed by atoms with Crippen LogP contribution >= 0.6 is 11.3 Å². The Morgan fingerprint density at radius 3 is 2.66 bits per heavy atom. The fraction of sp³-hybridized carbons (Fsp3) is 0.435. The first-order chi connectivity index (χ1) is 15.6. The molecule has 9 heteroatoms. The molecule has 32 heavy (non-hydrogen) atoms. The Bertz CT molecular complexity index is 1100. The summed E-state index contributed by atoms with van der Waals surface area (Å²) < 4.78 is 15.0. The number of halogens is 1. The second kappa shape index (κ2) is 8.63. The monoisotopic (exact) mass is 453 g/mol. The lowest BCUT2D eigenvalue weighted by Gasteiger charge is -2.33. The Hall–Kier alpha value is -2.78. The molecule has 3 aromatic rings. The van der Waals surface area contributed by atoms with Crippen molar-refractivity contribution in [1.82, 2.24) is 19.9 Å². The van der Waals surface area contributed by atoms with E-state index >= 15 is 0 Å². The van der Waals surface area contributed by atoms with Crippen LogP contribution in [0.3, 0.4) is 0 Å². The summed E-state index contributed by atoms with van der Waals surface area (Å²) in [5.74, 6) is 0.207. The largest absolute Gasteiger partial charge is 0.363 e. The smallest absolute Gasteiger partial charge is 0.227 e. The number of likely N-dealkylation sites (N-methyl/N-ethyl adjacent to an activating group) is 1. The summed E-state index contributed by atoms with van der Waals surface area (Å²) in [6.45, 7) is 7.95. The average molecular weight is 454 g/mol. The third-order valence-electron chi connectivity index (χ3n) is 6.47. The summed E-state index contributed by atoms with van der Waals surface area (Å²) in [5, 5.41) is 6.14. The number of hydrogen-bond donors (Lipinski definition) is 1. The van der Waals surface area contributed by atoms with E-state index in [2.05, 4.69) is 50.9 Å². The molecule has 0 aliphatic carbocycles. The predicted molar refractivity (Wildman–Crippen MR) is 129 cm³/mol. The van der Waals surface area contributed by atoms with Crippen LogP contribution in [0.5, 0.6) is 0 Å². The van der Waals surface area contributed by atoms with Gasteiger partial charge in [0, 0.05) is 55.5 Å². The van der Waals surface area contributed by atoms with Crippen molar-refractivity contribution in [2.75, 3.05) is 48.3 Å². The number of anilines is 4. The fourth-order valence-corrected chi connectivity index (χ4v) is 5.64. The summed E-state index contributed by atoms with van der Waals surface area (Å²) in [4.78, 5) is 20.4. The lowest BCUT2D eigenvalue weighted by atomic mass is 10.2. The number of benzene rings is 1. The lowest BCUT2D eigenvalue weighted by Crippen LogP contribution is -2.44. The van der Waals surface area contributed by atoms with E-state index in [-0.39, 0.29) is 5.82 Å². The maximum Gasteiger partial charge on any atom is 0.227 e. The predicted octanol–water partition coefficient (Wildman–Crippen LogP) is 4.22. The highest BCUT2D eigenvalue weighted by molar-refractivity contribution is 7.14. The van der Waals surface area contributed by atoms with E-state index < -0.39 is 0 Å². The third-order valence-corrected chi connectivity index (χ3v) is 7.37. The molecule has 2 aliphatic rings. The van der Waals surface area contributed by atoms with Gasteiger partial charge in [-0.1, -0.05) is 0 Å². The molecule has 0 amide bonds. The molecule has 4 heterocycles. The Labute approximate surface area is 191 Å². The maximum atomic E-state index is 15.0. The van der Waals surface area contributed by atoms with Gasteiger partial charge in [-0.2, -0.15) is 0 Å². The molecule has 2 atom stereocenters. The first-order valence-electron chi connectivity index (χ1n) is 11.1. The van der Waals surface area contributed by atoms with E-state index in [0.29, 0.717) is 29.4 Å². The van der Waals surface area contributed by atoms with E-state index in [1.807, 2.05) is 23.6 Å². The van der Waals surface area contributed by atoms with E-state index in [9.17, 15) is 4.39 Å². The zero-order valence-corrected chi connectivity index (χ0v) is 19.4. The minimum atomic E-state index is -0.218. The normalized spacial score (nSPS) is 20.2. The summed E-state index contributed by atoms with van der Waals surface area (Å²) >= 11 is 1.61. The molecule has 1 N–H and O–H groups in total. The number of likely N-dealkylation sites (tertiary alicyclic amines) is 1. The molecule has 1 aromatic carbocycles. The van der Waals surface area contributed by atoms with Gasteiger partial charge in [0.05, 0.1) is 11.4 Å². The molecule has 5 rings (SSSR count). The molecule has 0 radical (unpaired) electrons. The zero-order valence-electron chi connectivity index (χ0n) is 18.6. The van der Waals surface area contributed by atoms with Crippen molar-refractivity contribution in [3.63, 3.8) is 0 Å². The number of nitrogens with zero attached hydrogens (tertiary/aromatic N) is 6. The molecule has 2 fully saturated rings. The molecule has 2 aromatic heterocycles. The van der Waals surface area contributed by atoms with Crippen LogP contribution in [0.1, 0.15) is 20.3 Å². The highest BCUT2D eigenvalue weighted by Crippen LogP contribution is 2.36. The minimum absolute atomic E-state index is 0.218. The number of aromatic nitrogens is 3. The van der Waals surface area contributed by atoms with Gasteiger partial charge in [0.25, 0.3) is 0 Å². The lowest BCUT2D eigenvalue weighted by molar-refractivity contribution is 0.292.